The normalized spacial score (nSPS) is 23.5. The first-order valence-electron chi connectivity index (χ1n) is 6.85. The minimum atomic E-state index is 0.125. The van der Waals surface area contributed by atoms with Crippen molar-refractivity contribution in [3.8, 4) is 0 Å². The molecule has 1 aromatic heterocycles. The number of thiophene rings is 1. The van der Waals surface area contributed by atoms with E-state index in [1.807, 2.05) is 0 Å². The summed E-state index contributed by atoms with van der Waals surface area (Å²) in [5.41, 5.74) is 6.20. The number of nitrogens with zero attached hydrogens (tertiary/aromatic N) is 1. The Morgan fingerprint density at radius 1 is 1.63 bits per heavy atom. The fourth-order valence-corrected chi connectivity index (χ4v) is 4.56. The van der Waals surface area contributed by atoms with Gasteiger partial charge in [0.15, 0.2) is 0 Å². The van der Waals surface area contributed by atoms with Crippen LogP contribution in [0.1, 0.15) is 30.7 Å². The molecule has 5 heteroatoms. The monoisotopic (exact) mass is 346 g/mol. The van der Waals surface area contributed by atoms with E-state index < -0.39 is 0 Å². The van der Waals surface area contributed by atoms with Crippen LogP contribution >= 0.6 is 27.3 Å². The van der Waals surface area contributed by atoms with Crippen molar-refractivity contribution >= 4 is 27.3 Å². The quantitative estimate of drug-likeness (QED) is 0.889. The molecule has 108 valence electrons. The lowest BCUT2D eigenvalue weighted by Gasteiger charge is -2.34. The van der Waals surface area contributed by atoms with Crippen LogP contribution in [0.2, 0.25) is 0 Å². The summed E-state index contributed by atoms with van der Waals surface area (Å²) in [5.74, 6) is 0.642. The molecular weight excluding hydrogens is 324 g/mol. The number of hydrogen-bond donors (Lipinski definition) is 1. The molecule has 3 nitrogen and oxygen atoms in total. The summed E-state index contributed by atoms with van der Waals surface area (Å²) in [6, 6.07) is 2.60. The van der Waals surface area contributed by atoms with E-state index in [-0.39, 0.29) is 6.04 Å². The Balaban J connectivity index is 2.01. The number of nitrogens with two attached hydrogens (primary N) is 1. The number of hydrogen-bond acceptors (Lipinski definition) is 4. The summed E-state index contributed by atoms with van der Waals surface area (Å²) < 4.78 is 6.72. The Morgan fingerprint density at radius 3 is 2.95 bits per heavy atom. The molecule has 0 spiro atoms. The molecule has 3 unspecified atom stereocenters. The molecule has 2 N–H and O–H groups in total. The number of likely N-dealkylation sites (N-methyl/N-ethyl adjacent to an activating group) is 1. The third kappa shape index (κ3) is 4.26. The fraction of sp³-hybridized carbons (Fsp3) is 0.714. The van der Waals surface area contributed by atoms with Gasteiger partial charge >= 0.3 is 0 Å². The van der Waals surface area contributed by atoms with Gasteiger partial charge in [-0.15, -0.1) is 11.3 Å². The van der Waals surface area contributed by atoms with Gasteiger partial charge in [0.1, 0.15) is 0 Å². The van der Waals surface area contributed by atoms with Crippen molar-refractivity contribution in [3.63, 3.8) is 0 Å². The van der Waals surface area contributed by atoms with Crippen LogP contribution in [-0.2, 0) is 4.74 Å². The largest absolute Gasteiger partial charge is 0.381 e. The van der Waals surface area contributed by atoms with Crippen LogP contribution < -0.4 is 5.73 Å². The van der Waals surface area contributed by atoms with Crippen LogP contribution in [0.15, 0.2) is 15.9 Å². The van der Waals surface area contributed by atoms with Crippen molar-refractivity contribution in [2.45, 2.75) is 31.8 Å². The van der Waals surface area contributed by atoms with Crippen molar-refractivity contribution in [1.82, 2.24) is 4.90 Å². The molecule has 1 aliphatic rings. The minimum Gasteiger partial charge on any atom is -0.381 e. The van der Waals surface area contributed by atoms with E-state index >= 15 is 0 Å². The van der Waals surface area contributed by atoms with Gasteiger partial charge in [-0.3, -0.25) is 4.90 Å². The molecule has 2 rings (SSSR count). The second-order valence-electron chi connectivity index (χ2n) is 5.49. The van der Waals surface area contributed by atoms with E-state index in [2.05, 4.69) is 46.2 Å². The molecule has 0 amide bonds. The van der Waals surface area contributed by atoms with Gasteiger partial charge in [0, 0.05) is 33.9 Å². The predicted molar refractivity (Wildman–Crippen MR) is 84.6 cm³/mol. The fourth-order valence-electron chi connectivity index (χ4n) is 2.83. The Labute approximate surface area is 128 Å². The van der Waals surface area contributed by atoms with Crippen LogP contribution in [0.4, 0.5) is 0 Å². The van der Waals surface area contributed by atoms with E-state index in [1.165, 1.54) is 17.7 Å². The van der Waals surface area contributed by atoms with E-state index in [0.717, 1.165) is 24.2 Å². The first-order valence-corrected chi connectivity index (χ1v) is 8.52. The maximum atomic E-state index is 6.20. The molecule has 0 aliphatic carbocycles. The zero-order valence-corrected chi connectivity index (χ0v) is 14.0. The first-order chi connectivity index (χ1) is 9.08. The molecule has 1 aromatic rings. The van der Waals surface area contributed by atoms with Crippen LogP contribution in [0.5, 0.6) is 0 Å². The molecule has 0 aromatic carbocycles. The molecule has 0 bridgehead atoms. The molecule has 1 saturated heterocycles. The maximum Gasteiger partial charge on any atom is 0.0588 e. The van der Waals surface area contributed by atoms with Gasteiger partial charge in [-0.05, 0) is 54.7 Å². The average molecular weight is 347 g/mol. The minimum absolute atomic E-state index is 0.125. The molecule has 1 fully saturated rings. The third-order valence-electron chi connectivity index (χ3n) is 3.65. The predicted octanol–water partition coefficient (Wildman–Crippen LogP) is 3.26. The van der Waals surface area contributed by atoms with Gasteiger partial charge in [0.25, 0.3) is 0 Å². The average Bonchev–Trinajstić information content (AvgIpc) is 2.76. The second-order valence-corrected chi connectivity index (χ2v) is 7.35. The van der Waals surface area contributed by atoms with Gasteiger partial charge in [0.05, 0.1) is 12.6 Å². The Kier molecular flexibility index (Phi) is 5.84. The summed E-state index contributed by atoms with van der Waals surface area (Å²) in [6.07, 6.45) is 2.45. The van der Waals surface area contributed by atoms with Gasteiger partial charge < -0.3 is 10.5 Å². The van der Waals surface area contributed by atoms with E-state index in [4.69, 9.17) is 10.5 Å². The van der Waals surface area contributed by atoms with E-state index in [1.54, 1.807) is 11.3 Å². The van der Waals surface area contributed by atoms with Gasteiger partial charge in [0.2, 0.25) is 0 Å². The zero-order valence-electron chi connectivity index (χ0n) is 11.6. The van der Waals surface area contributed by atoms with Crippen molar-refractivity contribution in [2.24, 2.45) is 11.7 Å². The lowest BCUT2D eigenvalue weighted by Crippen LogP contribution is -2.40. The summed E-state index contributed by atoms with van der Waals surface area (Å²) >= 11 is 5.30. The lowest BCUT2D eigenvalue weighted by atomic mass is 9.99. The van der Waals surface area contributed by atoms with E-state index in [0.29, 0.717) is 12.0 Å². The Bertz CT molecular complexity index is 391. The van der Waals surface area contributed by atoms with Crippen LogP contribution in [0.25, 0.3) is 0 Å². The van der Waals surface area contributed by atoms with Gasteiger partial charge in [-0.25, -0.2) is 0 Å². The van der Waals surface area contributed by atoms with Crippen molar-refractivity contribution < 1.29 is 4.74 Å². The molecule has 2 heterocycles. The zero-order chi connectivity index (χ0) is 13.8. The highest BCUT2D eigenvalue weighted by molar-refractivity contribution is 9.10. The number of ether oxygens (including phenoxy) is 1. The standard InChI is InChI=1S/C14H23BrN2OS/c1-10(16)14(13-6-12(15)9-19-13)17(2)7-11-4-3-5-18-8-11/h6,9-11,14H,3-5,7-8,16H2,1-2H3. The molecule has 19 heavy (non-hydrogen) atoms. The van der Waals surface area contributed by atoms with Crippen LogP contribution in [0.3, 0.4) is 0 Å². The smallest absolute Gasteiger partial charge is 0.0588 e. The number of rotatable bonds is 5. The van der Waals surface area contributed by atoms with E-state index in [9.17, 15) is 0 Å². The highest BCUT2D eigenvalue weighted by Crippen LogP contribution is 2.31. The molecule has 1 aliphatic heterocycles. The first kappa shape index (κ1) is 15.4. The maximum absolute atomic E-state index is 6.20. The summed E-state index contributed by atoms with van der Waals surface area (Å²) in [6.45, 7) is 4.97. The molecule has 0 saturated carbocycles. The van der Waals surface area contributed by atoms with Crippen LogP contribution in [0, 0.1) is 5.92 Å². The van der Waals surface area contributed by atoms with Gasteiger partial charge in [-0.1, -0.05) is 0 Å². The van der Waals surface area contributed by atoms with Crippen molar-refractivity contribution in [1.29, 1.82) is 0 Å². The molecular formula is C14H23BrN2OS. The second kappa shape index (κ2) is 7.18. The summed E-state index contributed by atoms with van der Waals surface area (Å²) in [4.78, 5) is 3.73. The Morgan fingerprint density at radius 2 is 2.42 bits per heavy atom. The van der Waals surface area contributed by atoms with Gasteiger partial charge in [-0.2, -0.15) is 0 Å². The third-order valence-corrected chi connectivity index (χ3v) is 5.42. The van der Waals surface area contributed by atoms with Crippen molar-refractivity contribution in [3.05, 3.63) is 20.8 Å². The molecule has 3 atom stereocenters. The summed E-state index contributed by atoms with van der Waals surface area (Å²) in [5, 5.41) is 2.13. The van der Waals surface area contributed by atoms with Crippen LogP contribution in [-0.4, -0.2) is 37.7 Å². The topological polar surface area (TPSA) is 38.5 Å². The highest BCUT2D eigenvalue weighted by atomic mass is 79.9. The molecule has 0 radical (unpaired) electrons. The Hall–Kier alpha value is 0.0600. The highest BCUT2D eigenvalue weighted by Gasteiger charge is 2.25. The number of halogens is 1. The SMILES string of the molecule is CC(N)C(c1cc(Br)cs1)N(C)CC1CCCOC1. The summed E-state index contributed by atoms with van der Waals surface area (Å²) in [7, 11) is 2.18. The lowest BCUT2D eigenvalue weighted by molar-refractivity contribution is 0.0347. The van der Waals surface area contributed by atoms with Crippen molar-refractivity contribution in [2.75, 3.05) is 26.8 Å².